The van der Waals surface area contributed by atoms with E-state index >= 15 is 0 Å². The molecule has 1 amide bonds. The van der Waals surface area contributed by atoms with Crippen LogP contribution >= 0.6 is 0 Å². The Balaban J connectivity index is 1.72. The zero-order chi connectivity index (χ0) is 16.9. The van der Waals surface area contributed by atoms with Crippen molar-refractivity contribution >= 4 is 22.4 Å². The molecule has 0 aromatic heterocycles. The lowest BCUT2D eigenvalue weighted by molar-refractivity contribution is -0.122. The summed E-state index contributed by atoms with van der Waals surface area (Å²) in [6.45, 7) is 1.88. The van der Waals surface area contributed by atoms with Crippen molar-refractivity contribution in [2.45, 2.75) is 19.4 Å². The van der Waals surface area contributed by atoms with Crippen molar-refractivity contribution < 1.29 is 13.9 Å². The number of anilines is 1. The van der Waals surface area contributed by atoms with Gasteiger partial charge in [-0.05, 0) is 53.6 Å². The maximum absolute atomic E-state index is 12.9. The molecule has 3 aromatic carbocycles. The van der Waals surface area contributed by atoms with Crippen LogP contribution in [-0.4, -0.2) is 12.0 Å². The van der Waals surface area contributed by atoms with Crippen LogP contribution in [0.4, 0.5) is 10.1 Å². The number of hydrogen-bond donors (Lipinski definition) is 1. The fourth-order valence-electron chi connectivity index (χ4n) is 2.48. The number of carbonyl (C=O) groups excluding carboxylic acids is 1. The fraction of sp³-hybridized carbons (Fsp3) is 0.150. The third-order valence-corrected chi connectivity index (χ3v) is 3.77. The van der Waals surface area contributed by atoms with Gasteiger partial charge in [0.05, 0.1) is 0 Å². The first-order valence-corrected chi connectivity index (χ1v) is 7.87. The average Bonchev–Trinajstić information content (AvgIpc) is 2.61. The minimum atomic E-state index is -0.615. The van der Waals surface area contributed by atoms with Gasteiger partial charge >= 0.3 is 0 Å². The molecule has 0 heterocycles. The SMILES string of the molecule is CC[C@@H](Oc1ccc2ccccc2c1)C(=O)Nc1ccc(F)cc1. The highest BCUT2D eigenvalue weighted by Crippen LogP contribution is 2.22. The molecule has 3 rings (SSSR count). The second kappa shape index (κ2) is 7.13. The highest BCUT2D eigenvalue weighted by atomic mass is 19.1. The van der Waals surface area contributed by atoms with Gasteiger partial charge < -0.3 is 10.1 Å². The van der Waals surface area contributed by atoms with Gasteiger partial charge in [-0.2, -0.15) is 0 Å². The second-order valence-electron chi connectivity index (χ2n) is 5.52. The Morgan fingerprint density at radius 3 is 2.46 bits per heavy atom. The first-order chi connectivity index (χ1) is 11.7. The van der Waals surface area contributed by atoms with Gasteiger partial charge in [-0.1, -0.05) is 37.3 Å². The number of carbonyl (C=O) groups is 1. The first-order valence-electron chi connectivity index (χ1n) is 7.87. The van der Waals surface area contributed by atoms with E-state index in [1.165, 1.54) is 24.3 Å². The summed E-state index contributed by atoms with van der Waals surface area (Å²) in [6.07, 6.45) is -0.0870. The predicted molar refractivity (Wildman–Crippen MR) is 93.7 cm³/mol. The van der Waals surface area contributed by atoms with Crippen LogP contribution in [0.2, 0.25) is 0 Å². The molecule has 0 saturated carbocycles. The summed E-state index contributed by atoms with van der Waals surface area (Å²) in [5, 5.41) is 4.93. The van der Waals surface area contributed by atoms with Crippen LogP contribution in [0.5, 0.6) is 5.75 Å². The number of benzene rings is 3. The van der Waals surface area contributed by atoms with E-state index in [9.17, 15) is 9.18 Å². The molecular weight excluding hydrogens is 305 g/mol. The third kappa shape index (κ3) is 3.71. The lowest BCUT2D eigenvalue weighted by atomic mass is 10.1. The van der Waals surface area contributed by atoms with Crippen LogP contribution in [0.1, 0.15) is 13.3 Å². The Morgan fingerprint density at radius 1 is 1.04 bits per heavy atom. The van der Waals surface area contributed by atoms with Crippen LogP contribution in [0.15, 0.2) is 66.7 Å². The van der Waals surface area contributed by atoms with Gasteiger partial charge in [0.25, 0.3) is 5.91 Å². The smallest absolute Gasteiger partial charge is 0.265 e. The predicted octanol–water partition coefficient (Wildman–Crippen LogP) is 4.78. The zero-order valence-electron chi connectivity index (χ0n) is 13.3. The van der Waals surface area contributed by atoms with Crippen molar-refractivity contribution in [2.75, 3.05) is 5.32 Å². The van der Waals surface area contributed by atoms with E-state index in [-0.39, 0.29) is 11.7 Å². The Labute approximate surface area is 140 Å². The van der Waals surface area contributed by atoms with Crippen molar-refractivity contribution in [3.8, 4) is 5.75 Å². The van der Waals surface area contributed by atoms with Crippen molar-refractivity contribution in [1.29, 1.82) is 0 Å². The Hall–Kier alpha value is -2.88. The number of ether oxygens (including phenoxy) is 1. The molecule has 0 radical (unpaired) electrons. The number of rotatable bonds is 5. The van der Waals surface area contributed by atoms with Crippen LogP contribution < -0.4 is 10.1 Å². The van der Waals surface area contributed by atoms with E-state index in [0.717, 1.165) is 10.8 Å². The van der Waals surface area contributed by atoms with Gasteiger partial charge in [0.1, 0.15) is 11.6 Å². The van der Waals surface area contributed by atoms with Crippen molar-refractivity contribution in [1.82, 2.24) is 0 Å². The van der Waals surface area contributed by atoms with E-state index in [1.807, 2.05) is 49.4 Å². The molecule has 0 saturated heterocycles. The molecule has 0 spiro atoms. The Morgan fingerprint density at radius 2 is 1.75 bits per heavy atom. The van der Waals surface area contributed by atoms with E-state index in [1.54, 1.807) is 0 Å². The van der Waals surface area contributed by atoms with Crippen molar-refractivity contribution in [2.24, 2.45) is 0 Å². The fourth-order valence-corrected chi connectivity index (χ4v) is 2.48. The molecule has 4 heteroatoms. The molecular formula is C20H18FNO2. The molecule has 122 valence electrons. The lowest BCUT2D eigenvalue weighted by Gasteiger charge is -2.17. The maximum Gasteiger partial charge on any atom is 0.265 e. The molecule has 1 N–H and O–H groups in total. The number of fused-ring (bicyclic) bond motifs is 1. The van der Waals surface area contributed by atoms with Gasteiger partial charge in [0.15, 0.2) is 6.10 Å². The molecule has 0 aliphatic heterocycles. The van der Waals surface area contributed by atoms with E-state index in [2.05, 4.69) is 5.32 Å². The summed E-state index contributed by atoms with van der Waals surface area (Å²) in [7, 11) is 0. The number of hydrogen-bond acceptors (Lipinski definition) is 2. The van der Waals surface area contributed by atoms with Gasteiger partial charge in [-0.3, -0.25) is 4.79 Å². The standard InChI is InChI=1S/C20H18FNO2/c1-2-19(20(23)22-17-10-8-16(21)9-11-17)24-18-12-7-14-5-3-4-6-15(14)13-18/h3-13,19H,2H2,1H3,(H,22,23)/t19-/m1/s1. The lowest BCUT2D eigenvalue weighted by Crippen LogP contribution is -2.32. The molecule has 3 aromatic rings. The minimum Gasteiger partial charge on any atom is -0.481 e. The Bertz CT molecular complexity index is 846. The minimum absolute atomic E-state index is 0.253. The van der Waals surface area contributed by atoms with Crippen LogP contribution in [0.25, 0.3) is 10.8 Å². The van der Waals surface area contributed by atoms with Crippen LogP contribution in [-0.2, 0) is 4.79 Å². The number of nitrogens with one attached hydrogen (secondary N) is 1. The molecule has 0 fully saturated rings. The number of amides is 1. The van der Waals surface area contributed by atoms with E-state index in [4.69, 9.17) is 4.74 Å². The van der Waals surface area contributed by atoms with Crippen LogP contribution in [0.3, 0.4) is 0 Å². The molecule has 0 bridgehead atoms. The molecule has 3 nitrogen and oxygen atoms in total. The highest BCUT2D eigenvalue weighted by Gasteiger charge is 2.18. The van der Waals surface area contributed by atoms with E-state index in [0.29, 0.717) is 17.9 Å². The summed E-state index contributed by atoms with van der Waals surface area (Å²) in [5.41, 5.74) is 0.543. The normalized spacial score (nSPS) is 11.9. The monoisotopic (exact) mass is 323 g/mol. The van der Waals surface area contributed by atoms with Crippen LogP contribution in [0, 0.1) is 5.82 Å². The molecule has 0 aliphatic carbocycles. The van der Waals surface area contributed by atoms with Gasteiger partial charge in [-0.15, -0.1) is 0 Å². The summed E-state index contributed by atoms with van der Waals surface area (Å²) in [6, 6.07) is 19.4. The summed E-state index contributed by atoms with van der Waals surface area (Å²) in [4.78, 5) is 12.4. The second-order valence-corrected chi connectivity index (χ2v) is 5.52. The molecule has 0 unspecified atom stereocenters. The van der Waals surface area contributed by atoms with E-state index < -0.39 is 6.10 Å². The van der Waals surface area contributed by atoms with Gasteiger partial charge in [0, 0.05) is 5.69 Å². The van der Waals surface area contributed by atoms with Gasteiger partial charge in [-0.25, -0.2) is 4.39 Å². The zero-order valence-corrected chi connectivity index (χ0v) is 13.3. The van der Waals surface area contributed by atoms with Gasteiger partial charge in [0.2, 0.25) is 0 Å². The first kappa shape index (κ1) is 16.0. The Kier molecular flexibility index (Phi) is 4.75. The molecule has 0 aliphatic rings. The summed E-state index contributed by atoms with van der Waals surface area (Å²) in [5.74, 6) is 0.0551. The topological polar surface area (TPSA) is 38.3 Å². The van der Waals surface area contributed by atoms with Crippen molar-refractivity contribution in [3.63, 3.8) is 0 Å². The largest absolute Gasteiger partial charge is 0.481 e. The number of halogens is 1. The third-order valence-electron chi connectivity index (χ3n) is 3.77. The average molecular weight is 323 g/mol. The summed E-state index contributed by atoms with van der Waals surface area (Å²) >= 11 is 0. The quantitative estimate of drug-likeness (QED) is 0.734. The highest BCUT2D eigenvalue weighted by molar-refractivity contribution is 5.94. The molecule has 1 atom stereocenters. The molecule has 24 heavy (non-hydrogen) atoms. The maximum atomic E-state index is 12.9. The summed E-state index contributed by atoms with van der Waals surface area (Å²) < 4.78 is 18.8. The van der Waals surface area contributed by atoms with Crippen molar-refractivity contribution in [3.05, 3.63) is 72.5 Å².